The van der Waals surface area contributed by atoms with Crippen LogP contribution in [0.3, 0.4) is 0 Å². The topological polar surface area (TPSA) is 35.2 Å². The second kappa shape index (κ2) is 5.65. The Labute approximate surface area is 106 Å². The van der Waals surface area contributed by atoms with Gasteiger partial charge < -0.3 is 10.5 Å². The van der Waals surface area contributed by atoms with Crippen molar-refractivity contribution in [1.82, 2.24) is 0 Å². The molecule has 3 heteroatoms. The van der Waals surface area contributed by atoms with E-state index in [1.54, 1.807) is 19.2 Å². The van der Waals surface area contributed by atoms with Crippen molar-refractivity contribution in [3.63, 3.8) is 0 Å². The number of methoxy groups -OCH3 is 1. The Morgan fingerprint density at radius 2 is 1.67 bits per heavy atom. The van der Waals surface area contributed by atoms with Gasteiger partial charge in [0, 0.05) is 18.0 Å². The van der Waals surface area contributed by atoms with Gasteiger partial charge >= 0.3 is 0 Å². The molecular formula is C15H16FNO. The molecule has 0 saturated heterocycles. The molecule has 0 aromatic heterocycles. The summed E-state index contributed by atoms with van der Waals surface area (Å²) in [6, 6.07) is 14.3. The third-order valence-corrected chi connectivity index (χ3v) is 3.03. The van der Waals surface area contributed by atoms with Crippen LogP contribution in [-0.4, -0.2) is 13.7 Å². The maximum atomic E-state index is 13.9. The summed E-state index contributed by atoms with van der Waals surface area (Å²) < 4.78 is 19.2. The van der Waals surface area contributed by atoms with E-state index >= 15 is 0 Å². The fraction of sp³-hybridized carbons (Fsp3) is 0.200. The van der Waals surface area contributed by atoms with Crippen molar-refractivity contribution in [2.75, 3.05) is 13.7 Å². The summed E-state index contributed by atoms with van der Waals surface area (Å²) in [5, 5.41) is 0. The van der Waals surface area contributed by atoms with Gasteiger partial charge in [0.15, 0.2) is 0 Å². The molecule has 2 nitrogen and oxygen atoms in total. The number of halogens is 1. The van der Waals surface area contributed by atoms with Gasteiger partial charge in [-0.1, -0.05) is 36.4 Å². The molecular weight excluding hydrogens is 229 g/mol. The Morgan fingerprint density at radius 3 is 2.28 bits per heavy atom. The van der Waals surface area contributed by atoms with Crippen molar-refractivity contribution >= 4 is 0 Å². The zero-order chi connectivity index (χ0) is 13.0. The minimum absolute atomic E-state index is 0.192. The van der Waals surface area contributed by atoms with E-state index in [0.717, 1.165) is 11.3 Å². The summed E-state index contributed by atoms with van der Waals surface area (Å²) in [4.78, 5) is 0. The molecule has 94 valence electrons. The summed E-state index contributed by atoms with van der Waals surface area (Å²) in [6.45, 7) is 0.335. The van der Waals surface area contributed by atoms with Crippen molar-refractivity contribution < 1.29 is 9.13 Å². The average molecular weight is 245 g/mol. The quantitative estimate of drug-likeness (QED) is 0.898. The third-order valence-electron chi connectivity index (χ3n) is 3.03. The van der Waals surface area contributed by atoms with E-state index in [2.05, 4.69) is 0 Å². The highest BCUT2D eigenvalue weighted by atomic mass is 19.1. The van der Waals surface area contributed by atoms with Crippen LogP contribution in [0, 0.1) is 5.82 Å². The van der Waals surface area contributed by atoms with Crippen LogP contribution in [0.15, 0.2) is 48.5 Å². The molecule has 0 spiro atoms. The molecule has 0 aliphatic rings. The zero-order valence-electron chi connectivity index (χ0n) is 10.3. The fourth-order valence-electron chi connectivity index (χ4n) is 2.13. The SMILES string of the molecule is COc1ccccc1C(CN)c1ccccc1F. The summed E-state index contributed by atoms with van der Waals surface area (Å²) in [7, 11) is 1.60. The molecule has 2 N–H and O–H groups in total. The lowest BCUT2D eigenvalue weighted by molar-refractivity contribution is 0.407. The Kier molecular flexibility index (Phi) is 3.95. The van der Waals surface area contributed by atoms with E-state index in [1.807, 2.05) is 30.3 Å². The monoisotopic (exact) mass is 245 g/mol. The number of benzene rings is 2. The van der Waals surface area contributed by atoms with Crippen LogP contribution in [0.1, 0.15) is 17.0 Å². The van der Waals surface area contributed by atoms with Gasteiger partial charge in [-0.05, 0) is 17.7 Å². The van der Waals surface area contributed by atoms with Gasteiger partial charge in [0.1, 0.15) is 11.6 Å². The Hall–Kier alpha value is -1.87. The van der Waals surface area contributed by atoms with Gasteiger partial charge in [0.2, 0.25) is 0 Å². The summed E-state index contributed by atoms with van der Waals surface area (Å²) in [5.74, 6) is 0.303. The highest BCUT2D eigenvalue weighted by Gasteiger charge is 2.19. The van der Waals surface area contributed by atoms with Crippen molar-refractivity contribution in [3.05, 3.63) is 65.5 Å². The predicted molar refractivity (Wildman–Crippen MR) is 70.3 cm³/mol. The van der Waals surface area contributed by atoms with Crippen LogP contribution in [0.25, 0.3) is 0 Å². The number of rotatable bonds is 4. The minimum Gasteiger partial charge on any atom is -0.496 e. The number of hydrogen-bond donors (Lipinski definition) is 1. The van der Waals surface area contributed by atoms with E-state index in [0.29, 0.717) is 12.1 Å². The molecule has 2 aromatic carbocycles. The summed E-state index contributed by atoms with van der Waals surface area (Å²) >= 11 is 0. The van der Waals surface area contributed by atoms with Crippen molar-refractivity contribution in [1.29, 1.82) is 0 Å². The lowest BCUT2D eigenvalue weighted by atomic mass is 9.90. The summed E-state index contributed by atoms with van der Waals surface area (Å²) in [6.07, 6.45) is 0. The fourth-order valence-corrected chi connectivity index (χ4v) is 2.13. The second-order valence-electron chi connectivity index (χ2n) is 4.05. The van der Waals surface area contributed by atoms with Crippen molar-refractivity contribution in [3.8, 4) is 5.75 Å². The standard InChI is InChI=1S/C15H16FNO/c1-18-15-9-5-3-7-12(15)13(10-17)11-6-2-4-8-14(11)16/h2-9,13H,10,17H2,1H3. The van der Waals surface area contributed by atoms with E-state index in [1.165, 1.54) is 6.07 Å². The molecule has 0 heterocycles. The van der Waals surface area contributed by atoms with E-state index in [4.69, 9.17) is 10.5 Å². The molecule has 1 atom stereocenters. The zero-order valence-corrected chi connectivity index (χ0v) is 10.3. The number of para-hydroxylation sites is 1. The maximum Gasteiger partial charge on any atom is 0.127 e. The van der Waals surface area contributed by atoms with Gasteiger partial charge in [-0.15, -0.1) is 0 Å². The van der Waals surface area contributed by atoms with Crippen molar-refractivity contribution in [2.24, 2.45) is 5.73 Å². The molecule has 0 bridgehead atoms. The predicted octanol–water partition coefficient (Wildman–Crippen LogP) is 2.92. The highest BCUT2D eigenvalue weighted by Crippen LogP contribution is 2.32. The first-order valence-corrected chi connectivity index (χ1v) is 5.85. The van der Waals surface area contributed by atoms with Gasteiger partial charge in [-0.3, -0.25) is 0 Å². The second-order valence-corrected chi connectivity index (χ2v) is 4.05. The first kappa shape index (κ1) is 12.6. The Balaban J connectivity index is 2.49. The van der Waals surface area contributed by atoms with Crippen LogP contribution in [0.2, 0.25) is 0 Å². The molecule has 0 aliphatic heterocycles. The van der Waals surface area contributed by atoms with Crippen LogP contribution in [-0.2, 0) is 0 Å². The van der Waals surface area contributed by atoms with Crippen LogP contribution >= 0.6 is 0 Å². The molecule has 2 rings (SSSR count). The van der Waals surface area contributed by atoms with E-state index in [-0.39, 0.29) is 11.7 Å². The van der Waals surface area contributed by atoms with Crippen molar-refractivity contribution in [2.45, 2.75) is 5.92 Å². The molecule has 1 unspecified atom stereocenters. The number of hydrogen-bond acceptors (Lipinski definition) is 2. The number of nitrogens with two attached hydrogens (primary N) is 1. The van der Waals surface area contributed by atoms with E-state index in [9.17, 15) is 4.39 Å². The maximum absolute atomic E-state index is 13.9. The molecule has 2 aromatic rings. The third kappa shape index (κ3) is 2.36. The summed E-state index contributed by atoms with van der Waals surface area (Å²) in [5.41, 5.74) is 7.32. The smallest absolute Gasteiger partial charge is 0.127 e. The first-order valence-electron chi connectivity index (χ1n) is 5.85. The van der Waals surface area contributed by atoms with Crippen LogP contribution in [0.5, 0.6) is 5.75 Å². The Bertz CT molecular complexity index is 527. The largest absolute Gasteiger partial charge is 0.496 e. The van der Waals surface area contributed by atoms with Gasteiger partial charge in [-0.25, -0.2) is 4.39 Å². The van der Waals surface area contributed by atoms with Gasteiger partial charge in [-0.2, -0.15) is 0 Å². The normalized spacial score (nSPS) is 12.2. The molecule has 18 heavy (non-hydrogen) atoms. The molecule has 0 aliphatic carbocycles. The van der Waals surface area contributed by atoms with Crippen LogP contribution < -0.4 is 10.5 Å². The molecule has 0 radical (unpaired) electrons. The van der Waals surface area contributed by atoms with E-state index < -0.39 is 0 Å². The lowest BCUT2D eigenvalue weighted by Gasteiger charge is -2.19. The van der Waals surface area contributed by atoms with Gasteiger partial charge in [0.05, 0.1) is 7.11 Å². The lowest BCUT2D eigenvalue weighted by Crippen LogP contribution is -2.16. The van der Waals surface area contributed by atoms with Gasteiger partial charge in [0.25, 0.3) is 0 Å². The molecule has 0 fully saturated rings. The average Bonchev–Trinajstić information content (AvgIpc) is 2.42. The minimum atomic E-state index is -0.237. The molecule has 0 saturated carbocycles. The highest BCUT2D eigenvalue weighted by molar-refractivity contribution is 5.42. The first-order chi connectivity index (χ1) is 8.77. The van der Waals surface area contributed by atoms with Crippen LogP contribution in [0.4, 0.5) is 4.39 Å². The molecule has 0 amide bonds. The number of ether oxygens (including phenoxy) is 1. The Morgan fingerprint density at radius 1 is 1.06 bits per heavy atom.